The van der Waals surface area contributed by atoms with Gasteiger partial charge in [0.2, 0.25) is 0 Å². The standard InChI is InChI=1S/C17H15Cl2N3O/c1-11-15(22-10-13(18)8-14(19)16(22)20-11)17(23)21(2)9-12-6-4-3-5-7-12/h3-8,10H,9H2,1-2H3. The third-order valence-electron chi connectivity index (χ3n) is 3.63. The van der Waals surface area contributed by atoms with Crippen LogP contribution in [0.2, 0.25) is 10.0 Å². The Morgan fingerprint density at radius 2 is 1.96 bits per heavy atom. The lowest BCUT2D eigenvalue weighted by Crippen LogP contribution is -2.28. The summed E-state index contributed by atoms with van der Waals surface area (Å²) in [5, 5.41) is 0.880. The number of aryl methyl sites for hydroxylation is 1. The van der Waals surface area contributed by atoms with Crippen LogP contribution in [0.25, 0.3) is 5.65 Å². The highest BCUT2D eigenvalue weighted by molar-refractivity contribution is 6.36. The predicted octanol–water partition coefficient (Wildman–Crippen LogP) is 4.22. The molecule has 6 heteroatoms. The van der Waals surface area contributed by atoms with Gasteiger partial charge in [0.1, 0.15) is 5.69 Å². The number of aromatic nitrogens is 2. The van der Waals surface area contributed by atoms with Crippen molar-refractivity contribution >= 4 is 34.8 Å². The predicted molar refractivity (Wildman–Crippen MR) is 92.2 cm³/mol. The number of hydrogen-bond acceptors (Lipinski definition) is 2. The molecule has 0 aliphatic heterocycles. The van der Waals surface area contributed by atoms with Gasteiger partial charge < -0.3 is 4.90 Å². The van der Waals surface area contributed by atoms with Gasteiger partial charge in [0.25, 0.3) is 5.91 Å². The molecule has 2 aromatic heterocycles. The molecule has 0 fully saturated rings. The van der Waals surface area contributed by atoms with E-state index in [0.29, 0.717) is 33.6 Å². The van der Waals surface area contributed by atoms with Gasteiger partial charge in [-0.05, 0) is 18.6 Å². The van der Waals surface area contributed by atoms with E-state index >= 15 is 0 Å². The lowest BCUT2D eigenvalue weighted by Gasteiger charge is -2.17. The number of imidazole rings is 1. The largest absolute Gasteiger partial charge is 0.336 e. The number of nitrogens with zero attached hydrogens (tertiary/aromatic N) is 3. The van der Waals surface area contributed by atoms with Crippen LogP contribution in [-0.4, -0.2) is 27.2 Å². The molecule has 0 saturated carbocycles. The highest BCUT2D eigenvalue weighted by atomic mass is 35.5. The summed E-state index contributed by atoms with van der Waals surface area (Å²) in [5.74, 6) is -0.128. The Labute approximate surface area is 144 Å². The average molecular weight is 348 g/mol. The normalized spacial score (nSPS) is 11.0. The second-order valence-corrected chi connectivity index (χ2v) is 6.24. The number of benzene rings is 1. The van der Waals surface area contributed by atoms with Crippen LogP contribution in [0, 0.1) is 6.92 Å². The van der Waals surface area contributed by atoms with E-state index < -0.39 is 0 Å². The lowest BCUT2D eigenvalue weighted by atomic mass is 10.2. The summed E-state index contributed by atoms with van der Waals surface area (Å²) in [5.41, 5.74) is 2.69. The minimum absolute atomic E-state index is 0.128. The highest BCUT2D eigenvalue weighted by Gasteiger charge is 2.21. The number of pyridine rings is 1. The van der Waals surface area contributed by atoms with E-state index in [0.717, 1.165) is 5.56 Å². The van der Waals surface area contributed by atoms with E-state index in [-0.39, 0.29) is 5.91 Å². The number of amides is 1. The molecule has 0 radical (unpaired) electrons. The van der Waals surface area contributed by atoms with Gasteiger partial charge in [0, 0.05) is 19.8 Å². The van der Waals surface area contributed by atoms with Crippen LogP contribution >= 0.6 is 23.2 Å². The zero-order chi connectivity index (χ0) is 16.6. The number of carbonyl (C=O) groups is 1. The fourth-order valence-electron chi connectivity index (χ4n) is 2.55. The number of fused-ring (bicyclic) bond motifs is 1. The molecule has 118 valence electrons. The minimum atomic E-state index is -0.128. The second kappa shape index (κ2) is 6.22. The first kappa shape index (κ1) is 15.8. The number of hydrogen-bond donors (Lipinski definition) is 0. The molecule has 1 aromatic carbocycles. The maximum absolute atomic E-state index is 12.8. The van der Waals surface area contributed by atoms with Crippen molar-refractivity contribution in [3.63, 3.8) is 0 Å². The Morgan fingerprint density at radius 1 is 1.26 bits per heavy atom. The molecule has 0 spiro atoms. The molecule has 0 aliphatic rings. The van der Waals surface area contributed by atoms with Crippen molar-refractivity contribution in [2.24, 2.45) is 0 Å². The van der Waals surface area contributed by atoms with E-state index in [9.17, 15) is 4.79 Å². The van der Waals surface area contributed by atoms with Crippen LogP contribution in [0.15, 0.2) is 42.6 Å². The molecule has 23 heavy (non-hydrogen) atoms. The molecule has 0 N–H and O–H groups in total. The minimum Gasteiger partial charge on any atom is -0.336 e. The van der Waals surface area contributed by atoms with Crippen molar-refractivity contribution in [1.82, 2.24) is 14.3 Å². The maximum atomic E-state index is 12.8. The van der Waals surface area contributed by atoms with Gasteiger partial charge in [0.15, 0.2) is 5.65 Å². The first-order chi connectivity index (χ1) is 11.0. The third kappa shape index (κ3) is 3.05. The first-order valence-corrected chi connectivity index (χ1v) is 7.86. The first-order valence-electron chi connectivity index (χ1n) is 7.10. The van der Waals surface area contributed by atoms with Gasteiger partial charge in [-0.2, -0.15) is 0 Å². The Balaban J connectivity index is 1.99. The van der Waals surface area contributed by atoms with Crippen molar-refractivity contribution in [2.75, 3.05) is 7.05 Å². The Kier molecular flexibility index (Phi) is 4.28. The van der Waals surface area contributed by atoms with Crippen molar-refractivity contribution in [1.29, 1.82) is 0 Å². The molecule has 2 heterocycles. The monoisotopic (exact) mass is 347 g/mol. The highest BCUT2D eigenvalue weighted by Crippen LogP contribution is 2.25. The van der Waals surface area contributed by atoms with Crippen molar-refractivity contribution in [3.8, 4) is 0 Å². The van der Waals surface area contributed by atoms with E-state index in [4.69, 9.17) is 23.2 Å². The molecule has 0 atom stereocenters. The molecule has 4 nitrogen and oxygen atoms in total. The quantitative estimate of drug-likeness (QED) is 0.711. The summed E-state index contributed by atoms with van der Waals surface area (Å²) in [4.78, 5) is 18.9. The Hall–Kier alpha value is -2.04. The summed E-state index contributed by atoms with van der Waals surface area (Å²) >= 11 is 12.2. The fourth-order valence-corrected chi connectivity index (χ4v) is 3.07. The molecule has 0 bridgehead atoms. The molecule has 3 rings (SSSR count). The van der Waals surface area contributed by atoms with E-state index in [1.54, 1.807) is 35.5 Å². The maximum Gasteiger partial charge on any atom is 0.272 e. The Morgan fingerprint density at radius 3 is 2.65 bits per heavy atom. The molecular formula is C17H15Cl2N3O. The lowest BCUT2D eigenvalue weighted by molar-refractivity contribution is 0.0777. The van der Waals surface area contributed by atoms with E-state index in [1.165, 1.54) is 0 Å². The molecule has 0 saturated heterocycles. The van der Waals surface area contributed by atoms with Gasteiger partial charge >= 0.3 is 0 Å². The third-order valence-corrected chi connectivity index (χ3v) is 4.11. The van der Waals surface area contributed by atoms with Crippen LogP contribution in [-0.2, 0) is 6.54 Å². The summed E-state index contributed by atoms with van der Waals surface area (Å²) in [7, 11) is 1.76. The van der Waals surface area contributed by atoms with Crippen LogP contribution in [0.4, 0.5) is 0 Å². The molecule has 1 amide bonds. The average Bonchev–Trinajstić information content (AvgIpc) is 2.84. The summed E-state index contributed by atoms with van der Waals surface area (Å²) in [6.07, 6.45) is 1.66. The fraction of sp³-hybridized carbons (Fsp3) is 0.176. The Bertz CT molecular complexity index is 874. The van der Waals surface area contributed by atoms with Crippen LogP contribution in [0.5, 0.6) is 0 Å². The number of rotatable bonds is 3. The zero-order valence-corrected chi connectivity index (χ0v) is 14.3. The van der Waals surface area contributed by atoms with Gasteiger partial charge in [0.05, 0.1) is 15.7 Å². The summed E-state index contributed by atoms with van der Waals surface area (Å²) in [6, 6.07) is 11.4. The van der Waals surface area contributed by atoms with Gasteiger partial charge in [-0.15, -0.1) is 0 Å². The van der Waals surface area contributed by atoms with Crippen molar-refractivity contribution in [3.05, 3.63) is 69.6 Å². The number of carbonyl (C=O) groups excluding carboxylic acids is 1. The molecule has 3 aromatic rings. The van der Waals surface area contributed by atoms with Crippen LogP contribution in [0.3, 0.4) is 0 Å². The van der Waals surface area contributed by atoms with Crippen LogP contribution < -0.4 is 0 Å². The van der Waals surface area contributed by atoms with Gasteiger partial charge in [-0.3, -0.25) is 9.20 Å². The molecule has 0 aliphatic carbocycles. The van der Waals surface area contributed by atoms with Crippen molar-refractivity contribution in [2.45, 2.75) is 13.5 Å². The van der Waals surface area contributed by atoms with Gasteiger partial charge in [-0.1, -0.05) is 53.5 Å². The van der Waals surface area contributed by atoms with E-state index in [2.05, 4.69) is 4.98 Å². The summed E-state index contributed by atoms with van der Waals surface area (Å²) in [6.45, 7) is 2.31. The smallest absolute Gasteiger partial charge is 0.272 e. The van der Waals surface area contributed by atoms with Crippen molar-refractivity contribution < 1.29 is 4.79 Å². The summed E-state index contributed by atoms with van der Waals surface area (Å²) < 4.78 is 1.66. The molecule has 0 unspecified atom stereocenters. The topological polar surface area (TPSA) is 37.6 Å². The number of halogens is 2. The van der Waals surface area contributed by atoms with Crippen LogP contribution in [0.1, 0.15) is 21.7 Å². The molecular weight excluding hydrogens is 333 g/mol. The SMILES string of the molecule is Cc1nc2c(Cl)cc(Cl)cn2c1C(=O)N(C)Cc1ccccc1. The van der Waals surface area contributed by atoms with Gasteiger partial charge in [-0.25, -0.2) is 4.98 Å². The second-order valence-electron chi connectivity index (χ2n) is 5.39. The van der Waals surface area contributed by atoms with E-state index in [1.807, 2.05) is 30.3 Å². The zero-order valence-electron chi connectivity index (χ0n) is 12.8.